The van der Waals surface area contributed by atoms with Crippen molar-refractivity contribution >= 4 is 17.8 Å². The van der Waals surface area contributed by atoms with Crippen molar-refractivity contribution in [3.8, 4) is 11.5 Å². The van der Waals surface area contributed by atoms with Crippen molar-refractivity contribution in [3.05, 3.63) is 55.1 Å². The van der Waals surface area contributed by atoms with Crippen molar-refractivity contribution in [2.45, 2.75) is 37.4 Å². The van der Waals surface area contributed by atoms with E-state index in [2.05, 4.69) is 18.5 Å². The molecule has 168 valence electrons. The van der Waals surface area contributed by atoms with Gasteiger partial charge < -0.3 is 25.0 Å². The third-order valence-electron chi connectivity index (χ3n) is 5.25. The summed E-state index contributed by atoms with van der Waals surface area (Å²) in [5.74, 6) is -0.0999. The first-order valence-corrected chi connectivity index (χ1v) is 10.3. The van der Waals surface area contributed by atoms with Crippen molar-refractivity contribution in [2.75, 3.05) is 20.3 Å². The van der Waals surface area contributed by atoms with E-state index in [-0.39, 0.29) is 31.5 Å². The van der Waals surface area contributed by atoms with Crippen LogP contribution in [-0.2, 0) is 9.59 Å². The average Bonchev–Trinajstić information content (AvgIpc) is 2.77. The summed E-state index contributed by atoms with van der Waals surface area (Å²) in [4.78, 5) is 24.4. The maximum atomic E-state index is 12.5. The number of aliphatic hydroxyl groups excluding tert-OH is 1. The number of likely N-dealkylation sites (N-methyl/N-ethyl adjacent to an activating group) is 1. The van der Waals surface area contributed by atoms with Crippen LogP contribution in [0.4, 0.5) is 0 Å². The summed E-state index contributed by atoms with van der Waals surface area (Å²) < 4.78 is 11.2. The van der Waals surface area contributed by atoms with E-state index in [9.17, 15) is 19.8 Å². The van der Waals surface area contributed by atoms with Crippen LogP contribution in [-0.4, -0.2) is 53.9 Å². The molecule has 0 spiro atoms. The molecule has 0 aromatic heterocycles. The standard InChI is InChI=1S/C24H31NO6/c1-4-12-30-21-9-7-17(14-22(21)31-13-5-2)6-8-19(26)15-18-16-24(29,23(28)25-3)11-10-20(18)27/h4-9,14,18,20,27,29H,1-2,10-13,15-16H2,3H3,(H,25,28)/b8-6+/t18-,20-,24+/m1/s1. The lowest BCUT2D eigenvalue weighted by Gasteiger charge is -2.37. The molecule has 31 heavy (non-hydrogen) atoms. The van der Waals surface area contributed by atoms with Gasteiger partial charge in [-0.1, -0.05) is 37.5 Å². The number of amides is 1. The van der Waals surface area contributed by atoms with Crippen molar-refractivity contribution in [3.63, 3.8) is 0 Å². The summed E-state index contributed by atoms with van der Waals surface area (Å²) in [6.07, 6.45) is 6.12. The van der Waals surface area contributed by atoms with Crippen molar-refractivity contribution in [1.29, 1.82) is 0 Å². The van der Waals surface area contributed by atoms with Gasteiger partial charge >= 0.3 is 0 Å². The topological polar surface area (TPSA) is 105 Å². The molecule has 3 atom stereocenters. The van der Waals surface area contributed by atoms with Crippen LogP contribution in [0.2, 0.25) is 0 Å². The molecule has 0 radical (unpaired) electrons. The fourth-order valence-corrected chi connectivity index (χ4v) is 3.61. The fourth-order valence-electron chi connectivity index (χ4n) is 3.61. The quantitative estimate of drug-likeness (QED) is 0.369. The number of benzene rings is 1. The van der Waals surface area contributed by atoms with Crippen LogP contribution in [0, 0.1) is 5.92 Å². The molecule has 1 aliphatic rings. The van der Waals surface area contributed by atoms with E-state index in [0.717, 1.165) is 5.56 Å². The zero-order chi connectivity index (χ0) is 22.9. The van der Waals surface area contributed by atoms with E-state index in [1.165, 1.54) is 13.1 Å². The van der Waals surface area contributed by atoms with Crippen LogP contribution in [0.3, 0.4) is 0 Å². The van der Waals surface area contributed by atoms with E-state index >= 15 is 0 Å². The number of allylic oxidation sites excluding steroid dienone is 1. The predicted octanol–water partition coefficient (Wildman–Crippen LogP) is 2.43. The largest absolute Gasteiger partial charge is 0.486 e. The highest BCUT2D eigenvalue weighted by Crippen LogP contribution is 2.35. The summed E-state index contributed by atoms with van der Waals surface area (Å²) >= 11 is 0. The number of carbonyl (C=O) groups excluding carboxylic acids is 2. The highest BCUT2D eigenvalue weighted by atomic mass is 16.5. The summed E-state index contributed by atoms with van der Waals surface area (Å²) in [5, 5.41) is 23.2. The number of hydrogen-bond donors (Lipinski definition) is 3. The Hall–Kier alpha value is -2.90. The third-order valence-corrected chi connectivity index (χ3v) is 5.25. The van der Waals surface area contributed by atoms with Crippen LogP contribution in [0.1, 0.15) is 31.2 Å². The molecule has 0 saturated heterocycles. The molecule has 0 aliphatic heterocycles. The number of rotatable bonds is 11. The molecule has 0 heterocycles. The monoisotopic (exact) mass is 429 g/mol. The Morgan fingerprint density at radius 1 is 1.23 bits per heavy atom. The lowest BCUT2D eigenvalue weighted by atomic mass is 9.74. The van der Waals surface area contributed by atoms with Crippen molar-refractivity contribution in [2.24, 2.45) is 5.92 Å². The SMILES string of the molecule is C=CCOc1ccc(/C=C/C(=O)C[C@@H]2C[C@](O)(C(=O)NC)CC[C@H]2O)cc1OCC=C. The maximum Gasteiger partial charge on any atom is 0.251 e. The van der Waals surface area contributed by atoms with Crippen LogP contribution < -0.4 is 14.8 Å². The Morgan fingerprint density at radius 3 is 2.55 bits per heavy atom. The summed E-state index contributed by atoms with van der Waals surface area (Å²) in [6.45, 7) is 7.91. The number of ketones is 1. The molecule has 3 N–H and O–H groups in total. The number of ether oxygens (including phenoxy) is 2. The molecule has 1 saturated carbocycles. The average molecular weight is 430 g/mol. The molecule has 1 aromatic rings. The smallest absolute Gasteiger partial charge is 0.251 e. The number of carbonyl (C=O) groups is 2. The molecular weight excluding hydrogens is 398 g/mol. The van der Waals surface area contributed by atoms with Gasteiger partial charge in [-0.15, -0.1) is 0 Å². The highest BCUT2D eigenvalue weighted by Gasteiger charge is 2.44. The zero-order valence-electron chi connectivity index (χ0n) is 17.9. The molecule has 7 nitrogen and oxygen atoms in total. The Labute approximate surface area is 183 Å². The highest BCUT2D eigenvalue weighted by molar-refractivity contribution is 5.94. The van der Waals surface area contributed by atoms with E-state index in [0.29, 0.717) is 24.7 Å². The number of hydrogen-bond acceptors (Lipinski definition) is 6. The van der Waals surface area contributed by atoms with Gasteiger partial charge in [0.25, 0.3) is 5.91 Å². The molecule has 1 aliphatic carbocycles. The van der Waals surface area contributed by atoms with E-state index in [1.54, 1.807) is 36.4 Å². The Kier molecular flexibility index (Phi) is 9.03. The lowest BCUT2D eigenvalue weighted by Crippen LogP contribution is -2.51. The zero-order valence-corrected chi connectivity index (χ0v) is 17.9. The van der Waals surface area contributed by atoms with Gasteiger partial charge in [0.1, 0.15) is 18.8 Å². The Balaban J connectivity index is 2.06. The van der Waals surface area contributed by atoms with Gasteiger partial charge in [-0.25, -0.2) is 0 Å². The molecule has 7 heteroatoms. The minimum atomic E-state index is -1.55. The van der Waals surface area contributed by atoms with Crippen molar-refractivity contribution < 1.29 is 29.3 Å². The second kappa shape index (κ2) is 11.5. The second-order valence-corrected chi connectivity index (χ2v) is 7.59. The predicted molar refractivity (Wildman–Crippen MR) is 119 cm³/mol. The van der Waals surface area contributed by atoms with Gasteiger partial charge in [0, 0.05) is 13.5 Å². The molecule has 1 amide bonds. The van der Waals surface area contributed by atoms with Gasteiger partial charge in [0.2, 0.25) is 0 Å². The van der Waals surface area contributed by atoms with E-state index in [4.69, 9.17) is 9.47 Å². The first-order valence-electron chi connectivity index (χ1n) is 10.3. The molecule has 2 rings (SSSR count). The Morgan fingerprint density at radius 2 is 1.90 bits per heavy atom. The van der Waals surface area contributed by atoms with Crippen molar-refractivity contribution in [1.82, 2.24) is 5.32 Å². The molecule has 1 fully saturated rings. The Bertz CT molecular complexity index is 833. The van der Waals surface area contributed by atoms with Gasteiger partial charge in [0.05, 0.1) is 6.10 Å². The first-order chi connectivity index (χ1) is 14.8. The van der Waals surface area contributed by atoms with Crippen LogP contribution in [0.25, 0.3) is 6.08 Å². The van der Waals surface area contributed by atoms with Gasteiger partial charge in [-0.2, -0.15) is 0 Å². The second-order valence-electron chi connectivity index (χ2n) is 7.59. The van der Waals surface area contributed by atoms with E-state index < -0.39 is 23.5 Å². The van der Waals surface area contributed by atoms with E-state index in [1.807, 2.05) is 0 Å². The minimum Gasteiger partial charge on any atom is -0.486 e. The number of aliphatic hydroxyl groups is 2. The fraction of sp³-hybridized carbons (Fsp3) is 0.417. The van der Waals surface area contributed by atoms with Crippen LogP contribution in [0.15, 0.2) is 49.6 Å². The molecular formula is C24H31NO6. The van der Waals surface area contributed by atoms with Gasteiger partial charge in [0.15, 0.2) is 17.3 Å². The summed E-state index contributed by atoms with van der Waals surface area (Å²) in [5.41, 5.74) is -0.814. The summed E-state index contributed by atoms with van der Waals surface area (Å²) in [6, 6.07) is 5.30. The molecule has 1 aromatic carbocycles. The minimum absolute atomic E-state index is 0.0390. The van der Waals surface area contributed by atoms with Gasteiger partial charge in [-0.3, -0.25) is 9.59 Å². The third kappa shape index (κ3) is 6.80. The van der Waals surface area contributed by atoms with Crippen LogP contribution >= 0.6 is 0 Å². The normalized spacial score (nSPS) is 23.2. The van der Waals surface area contributed by atoms with Gasteiger partial charge in [-0.05, 0) is 49.0 Å². The number of nitrogens with one attached hydrogen (secondary N) is 1. The summed E-state index contributed by atoms with van der Waals surface area (Å²) in [7, 11) is 1.45. The van der Waals surface area contributed by atoms with Crippen LogP contribution in [0.5, 0.6) is 11.5 Å². The first kappa shape index (κ1) is 24.4. The maximum absolute atomic E-state index is 12.5. The lowest BCUT2D eigenvalue weighted by molar-refractivity contribution is -0.149. The molecule has 0 bridgehead atoms. The molecule has 0 unspecified atom stereocenters.